The minimum absolute atomic E-state index is 0.0411. The average molecular weight is 417 g/mol. The Morgan fingerprint density at radius 3 is 2.36 bits per heavy atom. The molecule has 2 aromatic rings. The van der Waals surface area contributed by atoms with E-state index in [4.69, 9.17) is 0 Å². The Morgan fingerprint density at radius 1 is 1.14 bits per heavy atom. The molecule has 2 aromatic carbocycles. The van der Waals surface area contributed by atoms with Gasteiger partial charge in [0.1, 0.15) is 0 Å². The zero-order chi connectivity index (χ0) is 20.3. The molecule has 8 nitrogen and oxygen atoms in total. The Labute approximate surface area is 165 Å². The summed E-state index contributed by atoms with van der Waals surface area (Å²) in [6.07, 6.45) is 1.55. The van der Waals surface area contributed by atoms with Crippen LogP contribution in [0.5, 0.6) is 0 Å². The van der Waals surface area contributed by atoms with Gasteiger partial charge < -0.3 is 0 Å². The van der Waals surface area contributed by atoms with Crippen LogP contribution >= 0.6 is 11.8 Å². The standard InChI is InChI=1S/C18H15N3O5S2/c1-2-20-17(22)16(12-13-8-10-14(11-9-13)21(23)24)27-18(20)19-28(25,26)15-6-4-3-5-7-15/h3-12H,2H2,1H3/b16-12-,19-18?. The lowest BCUT2D eigenvalue weighted by Gasteiger charge is -2.11. The lowest BCUT2D eigenvalue weighted by Crippen LogP contribution is -2.29. The van der Waals surface area contributed by atoms with Gasteiger partial charge in [-0.3, -0.25) is 19.8 Å². The number of amidine groups is 1. The molecule has 28 heavy (non-hydrogen) atoms. The summed E-state index contributed by atoms with van der Waals surface area (Å²) < 4.78 is 28.8. The molecule has 1 aliphatic rings. The highest BCUT2D eigenvalue weighted by molar-refractivity contribution is 8.19. The molecule has 0 radical (unpaired) electrons. The van der Waals surface area contributed by atoms with Crippen molar-refractivity contribution in [2.45, 2.75) is 11.8 Å². The number of carbonyl (C=O) groups excluding carboxylic acids is 1. The van der Waals surface area contributed by atoms with Gasteiger partial charge in [-0.05, 0) is 54.6 Å². The van der Waals surface area contributed by atoms with Crippen molar-refractivity contribution in [3.05, 3.63) is 75.2 Å². The molecular formula is C18H15N3O5S2. The Bertz CT molecular complexity index is 1080. The second kappa shape index (κ2) is 7.95. The SMILES string of the molecule is CCN1C(=O)/C(=C/c2ccc([N+](=O)[O-])cc2)SC1=NS(=O)(=O)c1ccccc1. The quantitative estimate of drug-likeness (QED) is 0.419. The number of nitrogens with zero attached hydrogens (tertiary/aromatic N) is 3. The van der Waals surface area contributed by atoms with Crippen LogP contribution in [0.3, 0.4) is 0 Å². The predicted molar refractivity (Wildman–Crippen MR) is 107 cm³/mol. The van der Waals surface area contributed by atoms with Crippen molar-refractivity contribution in [1.29, 1.82) is 0 Å². The monoisotopic (exact) mass is 417 g/mol. The number of nitro groups is 1. The van der Waals surface area contributed by atoms with Crippen LogP contribution in [0.25, 0.3) is 6.08 Å². The van der Waals surface area contributed by atoms with Gasteiger partial charge in [-0.2, -0.15) is 8.42 Å². The number of nitro benzene ring substituents is 1. The molecular weight excluding hydrogens is 402 g/mol. The van der Waals surface area contributed by atoms with Crippen LogP contribution in [-0.4, -0.2) is 35.9 Å². The number of sulfonamides is 1. The molecule has 3 rings (SSSR count). The third-order valence-electron chi connectivity index (χ3n) is 3.85. The van der Waals surface area contributed by atoms with E-state index in [1.165, 1.54) is 41.3 Å². The first-order chi connectivity index (χ1) is 13.3. The summed E-state index contributed by atoms with van der Waals surface area (Å²) in [5.41, 5.74) is 0.531. The van der Waals surface area contributed by atoms with Gasteiger partial charge in [0.15, 0.2) is 5.17 Å². The molecule has 10 heteroatoms. The van der Waals surface area contributed by atoms with Gasteiger partial charge in [-0.25, -0.2) is 0 Å². The van der Waals surface area contributed by atoms with Crippen molar-refractivity contribution < 1.29 is 18.1 Å². The molecule has 0 saturated carbocycles. The highest BCUT2D eigenvalue weighted by Gasteiger charge is 2.34. The molecule has 0 N–H and O–H groups in total. The zero-order valence-electron chi connectivity index (χ0n) is 14.7. The smallest absolute Gasteiger partial charge is 0.284 e. The summed E-state index contributed by atoms with van der Waals surface area (Å²) in [6, 6.07) is 13.5. The van der Waals surface area contributed by atoms with E-state index in [-0.39, 0.29) is 33.1 Å². The van der Waals surface area contributed by atoms with Gasteiger partial charge in [-0.1, -0.05) is 18.2 Å². The molecule has 1 heterocycles. The molecule has 0 aliphatic carbocycles. The molecule has 144 valence electrons. The number of benzene rings is 2. The summed E-state index contributed by atoms with van der Waals surface area (Å²) >= 11 is 0.953. The third kappa shape index (κ3) is 4.12. The Balaban J connectivity index is 1.93. The molecule has 1 aliphatic heterocycles. The minimum Gasteiger partial charge on any atom is -0.286 e. The number of thioether (sulfide) groups is 1. The number of hydrogen-bond donors (Lipinski definition) is 0. The second-order valence-corrected chi connectivity index (χ2v) is 8.28. The van der Waals surface area contributed by atoms with Gasteiger partial charge in [0.05, 0.1) is 14.7 Å². The molecule has 0 spiro atoms. The highest BCUT2D eigenvalue weighted by Crippen LogP contribution is 2.33. The van der Waals surface area contributed by atoms with Crippen molar-refractivity contribution in [2.75, 3.05) is 6.54 Å². The van der Waals surface area contributed by atoms with E-state index < -0.39 is 14.9 Å². The van der Waals surface area contributed by atoms with Crippen LogP contribution in [0.1, 0.15) is 12.5 Å². The van der Waals surface area contributed by atoms with Crippen molar-refractivity contribution in [3.63, 3.8) is 0 Å². The van der Waals surface area contributed by atoms with E-state index in [1.807, 2.05) is 0 Å². The largest absolute Gasteiger partial charge is 0.286 e. The maximum absolute atomic E-state index is 12.6. The summed E-state index contributed by atoms with van der Waals surface area (Å²) in [6.45, 7) is 1.98. The van der Waals surface area contributed by atoms with Crippen molar-refractivity contribution in [2.24, 2.45) is 4.40 Å². The molecule has 0 unspecified atom stereocenters. The minimum atomic E-state index is -3.95. The highest BCUT2D eigenvalue weighted by atomic mass is 32.2. The van der Waals surface area contributed by atoms with E-state index in [2.05, 4.69) is 4.40 Å². The van der Waals surface area contributed by atoms with Gasteiger partial charge in [0.25, 0.3) is 21.6 Å². The maximum atomic E-state index is 12.6. The lowest BCUT2D eigenvalue weighted by atomic mass is 10.2. The first-order valence-corrected chi connectivity index (χ1v) is 10.4. The fourth-order valence-electron chi connectivity index (χ4n) is 2.45. The Hall–Kier alpha value is -2.98. The number of likely N-dealkylation sites (N-methyl/N-ethyl adjacent to an activating group) is 1. The Morgan fingerprint density at radius 2 is 1.79 bits per heavy atom. The number of rotatable bonds is 5. The third-order valence-corrected chi connectivity index (χ3v) is 6.25. The summed E-state index contributed by atoms with van der Waals surface area (Å²) in [5.74, 6) is -0.368. The lowest BCUT2D eigenvalue weighted by molar-refractivity contribution is -0.384. The topological polar surface area (TPSA) is 110 Å². The molecule has 1 amide bonds. The summed E-state index contributed by atoms with van der Waals surface area (Å²) in [5, 5.41) is 10.8. The molecule has 1 saturated heterocycles. The van der Waals surface area contributed by atoms with Crippen molar-refractivity contribution in [3.8, 4) is 0 Å². The zero-order valence-corrected chi connectivity index (χ0v) is 16.3. The normalized spacial score (nSPS) is 17.5. The van der Waals surface area contributed by atoms with E-state index in [1.54, 1.807) is 31.2 Å². The first kappa shape index (κ1) is 19.8. The first-order valence-electron chi connectivity index (χ1n) is 8.17. The fourth-order valence-corrected chi connectivity index (χ4v) is 4.71. The van der Waals surface area contributed by atoms with E-state index >= 15 is 0 Å². The molecule has 0 atom stereocenters. The Kier molecular flexibility index (Phi) is 5.61. The number of hydrogen-bond acceptors (Lipinski definition) is 6. The number of amides is 1. The van der Waals surface area contributed by atoms with Crippen LogP contribution in [0.2, 0.25) is 0 Å². The average Bonchev–Trinajstić information content (AvgIpc) is 2.96. The summed E-state index contributed by atoms with van der Waals surface area (Å²) in [4.78, 5) is 24.4. The maximum Gasteiger partial charge on any atom is 0.284 e. The second-order valence-electron chi connectivity index (χ2n) is 5.67. The van der Waals surface area contributed by atoms with Crippen LogP contribution in [-0.2, 0) is 14.8 Å². The van der Waals surface area contributed by atoms with E-state index in [9.17, 15) is 23.3 Å². The molecule has 0 aromatic heterocycles. The summed E-state index contributed by atoms with van der Waals surface area (Å²) in [7, 11) is -3.95. The van der Waals surface area contributed by atoms with Gasteiger partial charge in [-0.15, -0.1) is 4.40 Å². The molecule has 1 fully saturated rings. The van der Waals surface area contributed by atoms with Gasteiger partial charge in [0.2, 0.25) is 0 Å². The van der Waals surface area contributed by atoms with E-state index in [0.29, 0.717) is 5.56 Å². The predicted octanol–water partition coefficient (Wildman–Crippen LogP) is 3.28. The van der Waals surface area contributed by atoms with Crippen molar-refractivity contribution in [1.82, 2.24) is 4.90 Å². The van der Waals surface area contributed by atoms with Crippen LogP contribution < -0.4 is 0 Å². The van der Waals surface area contributed by atoms with Crippen LogP contribution in [0.4, 0.5) is 5.69 Å². The number of carbonyl (C=O) groups is 1. The number of non-ortho nitro benzene ring substituents is 1. The molecule has 0 bridgehead atoms. The van der Waals surface area contributed by atoms with Gasteiger partial charge >= 0.3 is 0 Å². The van der Waals surface area contributed by atoms with E-state index in [0.717, 1.165) is 11.8 Å². The van der Waals surface area contributed by atoms with Crippen molar-refractivity contribution >= 4 is 44.6 Å². The van der Waals surface area contributed by atoms with Crippen LogP contribution in [0.15, 0.2) is 68.8 Å². The van der Waals surface area contributed by atoms with Crippen LogP contribution in [0, 0.1) is 10.1 Å². The fraction of sp³-hybridized carbons (Fsp3) is 0.111. The van der Waals surface area contributed by atoms with Gasteiger partial charge in [0, 0.05) is 18.7 Å².